The highest BCUT2D eigenvalue weighted by Gasteiger charge is 2.19. The molecule has 18 heavy (non-hydrogen) atoms. The molecule has 1 unspecified atom stereocenters. The molecule has 0 aliphatic rings. The molecule has 1 aromatic rings. The maximum absolute atomic E-state index is 11.9. The zero-order chi connectivity index (χ0) is 13.8. The molecular formula is C11H17ClN2O3S. The van der Waals surface area contributed by atoms with Crippen molar-refractivity contribution in [3.05, 3.63) is 23.5 Å². The molecule has 0 saturated carbocycles. The maximum atomic E-state index is 11.9. The molecule has 5 nitrogen and oxygen atoms in total. The fourth-order valence-electron chi connectivity index (χ4n) is 1.47. The first-order valence-corrected chi connectivity index (χ1v) is 7.46. The van der Waals surface area contributed by atoms with Crippen LogP contribution in [0.2, 0.25) is 5.02 Å². The van der Waals surface area contributed by atoms with Gasteiger partial charge in [0.2, 0.25) is 10.0 Å². The summed E-state index contributed by atoms with van der Waals surface area (Å²) in [6.07, 6.45) is 2.41. The first kappa shape index (κ1) is 15.4. The van der Waals surface area contributed by atoms with Gasteiger partial charge in [-0.3, -0.25) is 4.98 Å². The van der Waals surface area contributed by atoms with E-state index in [2.05, 4.69) is 9.71 Å². The van der Waals surface area contributed by atoms with Gasteiger partial charge < -0.3 is 5.11 Å². The fourth-order valence-corrected chi connectivity index (χ4v) is 2.97. The Labute approximate surface area is 112 Å². The van der Waals surface area contributed by atoms with E-state index in [4.69, 9.17) is 11.6 Å². The molecule has 0 fully saturated rings. The molecule has 1 atom stereocenters. The summed E-state index contributed by atoms with van der Waals surface area (Å²) in [6, 6.07) is 1.40. The number of halogens is 1. The summed E-state index contributed by atoms with van der Waals surface area (Å²) in [4.78, 5) is 3.64. The molecule has 0 saturated heterocycles. The van der Waals surface area contributed by atoms with Crippen LogP contribution in [0.3, 0.4) is 0 Å². The minimum atomic E-state index is -3.73. The summed E-state index contributed by atoms with van der Waals surface area (Å²) in [7, 11) is -3.73. The van der Waals surface area contributed by atoms with Gasteiger partial charge >= 0.3 is 0 Å². The molecular weight excluding hydrogens is 276 g/mol. The number of sulfonamides is 1. The highest BCUT2D eigenvalue weighted by atomic mass is 35.5. The Morgan fingerprint density at radius 3 is 2.72 bits per heavy atom. The van der Waals surface area contributed by atoms with Crippen LogP contribution in [-0.2, 0) is 10.0 Å². The molecule has 102 valence electrons. The molecule has 1 rings (SSSR count). The molecule has 7 heteroatoms. The van der Waals surface area contributed by atoms with Crippen LogP contribution in [0.25, 0.3) is 0 Å². The number of nitrogens with zero attached hydrogens (tertiary/aromatic N) is 1. The molecule has 0 amide bonds. The molecule has 0 radical (unpaired) electrons. The van der Waals surface area contributed by atoms with Crippen molar-refractivity contribution in [2.45, 2.75) is 31.3 Å². The summed E-state index contributed by atoms with van der Waals surface area (Å²) in [5.74, 6) is 0.298. The van der Waals surface area contributed by atoms with Gasteiger partial charge in [0.1, 0.15) is 4.90 Å². The van der Waals surface area contributed by atoms with Gasteiger partial charge in [0, 0.05) is 18.9 Å². The van der Waals surface area contributed by atoms with Crippen molar-refractivity contribution in [2.75, 3.05) is 6.54 Å². The van der Waals surface area contributed by atoms with Gasteiger partial charge in [0.05, 0.1) is 11.1 Å². The normalized spacial score (nSPS) is 13.8. The van der Waals surface area contributed by atoms with E-state index in [0.717, 1.165) is 0 Å². The van der Waals surface area contributed by atoms with E-state index in [-0.39, 0.29) is 16.5 Å². The standard InChI is InChI=1S/C11H17ClN2O3S/c1-8(2)5-9(15)6-14-18(16,17)11-7-13-4-3-10(11)12/h3-4,7-9,14-15H,5-6H2,1-2H3. The van der Waals surface area contributed by atoms with Gasteiger partial charge in [-0.2, -0.15) is 0 Å². The molecule has 0 bridgehead atoms. The average Bonchev–Trinajstić information content (AvgIpc) is 2.26. The summed E-state index contributed by atoms with van der Waals surface area (Å²) in [5, 5.41) is 9.73. The summed E-state index contributed by atoms with van der Waals surface area (Å²) in [5.41, 5.74) is 0. The molecule has 2 N–H and O–H groups in total. The van der Waals surface area contributed by atoms with E-state index < -0.39 is 16.1 Å². The number of hydrogen-bond acceptors (Lipinski definition) is 4. The highest BCUT2D eigenvalue weighted by molar-refractivity contribution is 7.89. The van der Waals surface area contributed by atoms with Crippen molar-refractivity contribution in [3.63, 3.8) is 0 Å². The third-order valence-corrected chi connectivity index (χ3v) is 4.17. The van der Waals surface area contributed by atoms with Gasteiger partial charge in [0.15, 0.2) is 0 Å². The van der Waals surface area contributed by atoms with Crippen LogP contribution < -0.4 is 4.72 Å². The summed E-state index contributed by atoms with van der Waals surface area (Å²) < 4.78 is 26.1. The van der Waals surface area contributed by atoms with Crippen LogP contribution in [0.5, 0.6) is 0 Å². The second-order valence-corrected chi connectivity index (χ2v) is 6.58. The molecule has 0 aliphatic heterocycles. The monoisotopic (exact) mass is 292 g/mol. The molecule has 0 aliphatic carbocycles. The van der Waals surface area contributed by atoms with Crippen LogP contribution in [-0.4, -0.2) is 31.2 Å². The largest absolute Gasteiger partial charge is 0.392 e. The first-order valence-electron chi connectivity index (χ1n) is 5.60. The zero-order valence-corrected chi connectivity index (χ0v) is 11.9. The lowest BCUT2D eigenvalue weighted by Crippen LogP contribution is -2.33. The van der Waals surface area contributed by atoms with Crippen molar-refractivity contribution in [2.24, 2.45) is 5.92 Å². The second-order valence-electron chi connectivity index (χ2n) is 4.44. The number of aliphatic hydroxyl groups excluding tert-OH is 1. The maximum Gasteiger partial charge on any atom is 0.243 e. The van der Waals surface area contributed by atoms with Crippen LogP contribution in [0.4, 0.5) is 0 Å². The van der Waals surface area contributed by atoms with Crippen molar-refractivity contribution in [1.29, 1.82) is 0 Å². The Morgan fingerprint density at radius 1 is 1.50 bits per heavy atom. The predicted octanol–water partition coefficient (Wildman–Crippen LogP) is 1.42. The van der Waals surface area contributed by atoms with Crippen molar-refractivity contribution in [3.8, 4) is 0 Å². The van der Waals surface area contributed by atoms with Gasteiger partial charge in [-0.15, -0.1) is 0 Å². The SMILES string of the molecule is CC(C)CC(O)CNS(=O)(=O)c1cnccc1Cl. The van der Waals surface area contributed by atoms with Gasteiger partial charge in [0.25, 0.3) is 0 Å². The van der Waals surface area contributed by atoms with Gasteiger partial charge in [-0.05, 0) is 18.4 Å². The minimum absolute atomic E-state index is 0.0360. The van der Waals surface area contributed by atoms with Crippen molar-refractivity contribution >= 4 is 21.6 Å². The number of rotatable bonds is 6. The van der Waals surface area contributed by atoms with E-state index in [1.807, 2.05) is 13.8 Å². The Balaban J connectivity index is 2.69. The van der Waals surface area contributed by atoms with E-state index >= 15 is 0 Å². The lowest BCUT2D eigenvalue weighted by molar-refractivity contribution is 0.152. The quantitative estimate of drug-likeness (QED) is 0.831. The number of aliphatic hydroxyl groups is 1. The molecule has 1 heterocycles. The Hall–Kier alpha value is -0.690. The van der Waals surface area contributed by atoms with Crippen molar-refractivity contribution < 1.29 is 13.5 Å². The topological polar surface area (TPSA) is 79.3 Å². The third-order valence-electron chi connectivity index (χ3n) is 2.28. The van der Waals surface area contributed by atoms with Crippen LogP contribution >= 0.6 is 11.6 Å². The number of aromatic nitrogens is 1. The van der Waals surface area contributed by atoms with E-state index in [1.165, 1.54) is 18.5 Å². The van der Waals surface area contributed by atoms with Gasteiger partial charge in [-0.1, -0.05) is 25.4 Å². The Kier molecular flexibility index (Phi) is 5.52. The fraction of sp³-hybridized carbons (Fsp3) is 0.545. The molecule has 0 aromatic carbocycles. The summed E-state index contributed by atoms with van der Waals surface area (Å²) in [6.45, 7) is 3.87. The molecule has 1 aromatic heterocycles. The lowest BCUT2D eigenvalue weighted by Gasteiger charge is -2.14. The first-order chi connectivity index (χ1) is 8.33. The van der Waals surface area contributed by atoms with Crippen LogP contribution in [0.15, 0.2) is 23.4 Å². The second kappa shape index (κ2) is 6.47. The van der Waals surface area contributed by atoms with Crippen molar-refractivity contribution in [1.82, 2.24) is 9.71 Å². The Bertz CT molecular complexity index is 491. The highest BCUT2D eigenvalue weighted by Crippen LogP contribution is 2.18. The van der Waals surface area contributed by atoms with E-state index in [9.17, 15) is 13.5 Å². The van der Waals surface area contributed by atoms with E-state index in [0.29, 0.717) is 12.3 Å². The Morgan fingerprint density at radius 2 is 2.17 bits per heavy atom. The molecule has 0 spiro atoms. The minimum Gasteiger partial charge on any atom is -0.392 e. The third kappa shape index (κ3) is 4.53. The smallest absolute Gasteiger partial charge is 0.243 e. The average molecular weight is 293 g/mol. The predicted molar refractivity (Wildman–Crippen MR) is 69.9 cm³/mol. The van der Waals surface area contributed by atoms with Gasteiger partial charge in [-0.25, -0.2) is 13.1 Å². The summed E-state index contributed by atoms with van der Waals surface area (Å²) >= 11 is 5.79. The zero-order valence-electron chi connectivity index (χ0n) is 10.3. The number of pyridine rings is 1. The lowest BCUT2D eigenvalue weighted by atomic mass is 10.1. The number of hydrogen-bond donors (Lipinski definition) is 2. The van der Waals surface area contributed by atoms with Crippen LogP contribution in [0.1, 0.15) is 20.3 Å². The van der Waals surface area contributed by atoms with Crippen LogP contribution in [0, 0.1) is 5.92 Å². The number of nitrogens with one attached hydrogen (secondary N) is 1. The van der Waals surface area contributed by atoms with E-state index in [1.54, 1.807) is 0 Å².